The maximum atomic E-state index is 5.93. The maximum absolute atomic E-state index is 5.93. The number of hydrogen-bond donors (Lipinski definition) is 0. The van der Waals surface area contributed by atoms with Crippen LogP contribution in [0.5, 0.6) is 0 Å². The van der Waals surface area contributed by atoms with E-state index in [1.807, 2.05) is 57.5 Å². The van der Waals surface area contributed by atoms with Crippen molar-refractivity contribution in [1.82, 2.24) is 9.80 Å². The zero-order valence-electron chi connectivity index (χ0n) is 11.8. The van der Waals surface area contributed by atoms with Gasteiger partial charge in [-0.3, -0.25) is 4.90 Å². The zero-order valence-corrected chi connectivity index (χ0v) is 12.5. The third-order valence-electron chi connectivity index (χ3n) is 3.06. The summed E-state index contributed by atoms with van der Waals surface area (Å²) in [5, 5.41) is 11.4. The van der Waals surface area contributed by atoms with E-state index in [4.69, 9.17) is 11.6 Å². The first-order valence-electron chi connectivity index (χ1n) is 6.26. The Morgan fingerprint density at radius 1 is 1.16 bits per heavy atom. The molecule has 1 aromatic carbocycles. The van der Waals surface area contributed by atoms with Crippen LogP contribution in [0.15, 0.2) is 34.6 Å². The van der Waals surface area contributed by atoms with Crippen LogP contribution in [0.1, 0.15) is 0 Å². The van der Waals surface area contributed by atoms with Crippen LogP contribution in [0.4, 0.5) is 5.69 Å². The molecule has 0 saturated heterocycles. The largest absolute Gasteiger partial charge is 0.307 e. The molecule has 6 heteroatoms. The van der Waals surface area contributed by atoms with E-state index in [0.29, 0.717) is 0 Å². The molecule has 0 saturated carbocycles. The van der Waals surface area contributed by atoms with Crippen LogP contribution in [-0.2, 0) is 0 Å². The van der Waals surface area contributed by atoms with Crippen molar-refractivity contribution in [2.24, 2.45) is 10.3 Å². The molecule has 5 nitrogen and oxygen atoms in total. The lowest BCUT2D eigenvalue weighted by Gasteiger charge is -2.31. The molecule has 0 amide bonds. The Hall–Kier alpha value is -1.17. The summed E-state index contributed by atoms with van der Waals surface area (Å²) < 4.78 is 0. The van der Waals surface area contributed by atoms with Crippen molar-refractivity contribution < 1.29 is 0 Å². The Morgan fingerprint density at radius 3 is 2.32 bits per heavy atom. The van der Waals surface area contributed by atoms with Gasteiger partial charge in [-0.15, -0.1) is 0 Å². The van der Waals surface area contributed by atoms with E-state index in [1.54, 1.807) is 0 Å². The smallest absolute Gasteiger partial charge is 0.131 e. The topological polar surface area (TPSA) is 34.4 Å². The van der Waals surface area contributed by atoms with Gasteiger partial charge in [-0.2, -0.15) is 5.11 Å². The van der Waals surface area contributed by atoms with Crippen LogP contribution >= 0.6 is 11.6 Å². The zero-order chi connectivity index (χ0) is 14.0. The summed E-state index contributed by atoms with van der Waals surface area (Å²) in [6, 6.07) is 7.82. The normalized spacial score (nSPS) is 22.8. The molecule has 0 spiro atoms. The van der Waals surface area contributed by atoms with Gasteiger partial charge in [0.1, 0.15) is 12.2 Å². The Balaban J connectivity index is 2.21. The van der Waals surface area contributed by atoms with Gasteiger partial charge in [-0.1, -0.05) is 16.8 Å². The second-order valence-electron chi connectivity index (χ2n) is 5.23. The first-order valence-corrected chi connectivity index (χ1v) is 6.63. The predicted octanol–water partition coefficient (Wildman–Crippen LogP) is 2.35. The Morgan fingerprint density at radius 2 is 1.79 bits per heavy atom. The van der Waals surface area contributed by atoms with Crippen molar-refractivity contribution >= 4 is 17.3 Å². The lowest BCUT2D eigenvalue weighted by molar-refractivity contribution is 0.238. The molecule has 0 bridgehead atoms. The van der Waals surface area contributed by atoms with Gasteiger partial charge in [0, 0.05) is 11.6 Å². The highest BCUT2D eigenvalue weighted by Gasteiger charge is 2.35. The van der Waals surface area contributed by atoms with Crippen molar-refractivity contribution in [3.8, 4) is 0 Å². The highest BCUT2D eigenvalue weighted by atomic mass is 35.5. The van der Waals surface area contributed by atoms with E-state index in [0.717, 1.165) is 17.3 Å². The van der Waals surface area contributed by atoms with E-state index in [-0.39, 0.29) is 12.2 Å². The molecule has 0 radical (unpaired) electrons. The number of nitrogens with zero attached hydrogens (tertiary/aromatic N) is 5. The lowest BCUT2D eigenvalue weighted by Crippen LogP contribution is -2.49. The Bertz CT molecular complexity index is 443. The maximum Gasteiger partial charge on any atom is 0.131 e. The number of anilines is 1. The summed E-state index contributed by atoms with van der Waals surface area (Å²) in [7, 11) is 8.19. The minimum absolute atomic E-state index is 0.128. The molecule has 1 aliphatic heterocycles. The van der Waals surface area contributed by atoms with E-state index < -0.39 is 0 Å². The Labute approximate surface area is 119 Å². The fraction of sp³-hybridized carbons (Fsp3) is 0.538. The summed E-state index contributed by atoms with van der Waals surface area (Å²) in [4.78, 5) is 4.27. The van der Waals surface area contributed by atoms with Gasteiger partial charge in [-0.05, 0) is 52.5 Å². The molecular formula is C13H20ClN5. The minimum Gasteiger partial charge on any atom is -0.307 e. The van der Waals surface area contributed by atoms with Gasteiger partial charge in [0.15, 0.2) is 0 Å². The van der Waals surface area contributed by atoms with Crippen molar-refractivity contribution in [2.75, 3.05) is 39.7 Å². The number of benzene rings is 1. The number of halogens is 1. The summed E-state index contributed by atoms with van der Waals surface area (Å²) in [5.41, 5.74) is 1.01. The third kappa shape index (κ3) is 3.23. The average molecular weight is 282 g/mol. The van der Waals surface area contributed by atoms with Gasteiger partial charge in [0.05, 0.1) is 5.69 Å². The van der Waals surface area contributed by atoms with Crippen LogP contribution in [-0.4, -0.2) is 56.7 Å². The minimum atomic E-state index is 0.128. The molecule has 0 fully saturated rings. The van der Waals surface area contributed by atoms with Gasteiger partial charge in [0.2, 0.25) is 0 Å². The van der Waals surface area contributed by atoms with E-state index in [1.165, 1.54) is 0 Å². The molecule has 1 aliphatic rings. The van der Waals surface area contributed by atoms with Crippen LogP contribution in [0, 0.1) is 0 Å². The molecular weight excluding hydrogens is 262 g/mol. The summed E-state index contributed by atoms with van der Waals surface area (Å²) in [6.07, 6.45) is 0.128. The molecule has 2 unspecified atom stereocenters. The van der Waals surface area contributed by atoms with Crippen LogP contribution < -0.4 is 5.01 Å². The second kappa shape index (κ2) is 5.86. The van der Waals surface area contributed by atoms with Crippen molar-refractivity contribution in [1.29, 1.82) is 0 Å². The third-order valence-corrected chi connectivity index (χ3v) is 3.32. The van der Waals surface area contributed by atoms with Gasteiger partial charge in [-0.25, -0.2) is 5.01 Å². The number of hydrogen-bond acceptors (Lipinski definition) is 5. The van der Waals surface area contributed by atoms with Gasteiger partial charge >= 0.3 is 0 Å². The Kier molecular flexibility index (Phi) is 4.39. The SMILES string of the molecule is CN(C)CC1N=NN(c2ccc(Cl)cc2)C1N(C)C. The van der Waals surface area contributed by atoms with E-state index >= 15 is 0 Å². The summed E-state index contributed by atoms with van der Waals surface area (Å²) in [5.74, 6) is 0. The van der Waals surface area contributed by atoms with E-state index in [2.05, 4.69) is 20.1 Å². The molecule has 2 rings (SSSR count). The monoisotopic (exact) mass is 281 g/mol. The fourth-order valence-corrected chi connectivity index (χ4v) is 2.39. The van der Waals surface area contributed by atoms with Gasteiger partial charge < -0.3 is 4.90 Å². The molecule has 0 aromatic heterocycles. The summed E-state index contributed by atoms with van der Waals surface area (Å²) in [6.45, 7) is 0.871. The quantitative estimate of drug-likeness (QED) is 0.850. The molecule has 1 heterocycles. The fourth-order valence-electron chi connectivity index (χ4n) is 2.26. The van der Waals surface area contributed by atoms with Crippen molar-refractivity contribution in [2.45, 2.75) is 12.2 Å². The molecule has 0 aliphatic carbocycles. The summed E-state index contributed by atoms with van der Waals surface area (Å²) >= 11 is 5.93. The lowest BCUT2D eigenvalue weighted by atomic mass is 10.2. The first-order chi connectivity index (χ1) is 8.99. The number of likely N-dealkylation sites (N-methyl/N-ethyl adjacent to an activating group) is 2. The predicted molar refractivity (Wildman–Crippen MR) is 78.6 cm³/mol. The first kappa shape index (κ1) is 14.2. The standard InChI is InChI=1S/C13H20ClN5/c1-17(2)9-12-13(18(3)4)19(16-15-12)11-7-5-10(14)6-8-11/h5-8,12-13H,9H2,1-4H3. The van der Waals surface area contributed by atoms with Crippen molar-refractivity contribution in [3.05, 3.63) is 29.3 Å². The molecule has 1 aromatic rings. The molecule has 2 atom stereocenters. The van der Waals surface area contributed by atoms with Crippen LogP contribution in [0.25, 0.3) is 0 Å². The average Bonchev–Trinajstić information content (AvgIpc) is 2.73. The molecule has 104 valence electrons. The van der Waals surface area contributed by atoms with Crippen LogP contribution in [0.3, 0.4) is 0 Å². The highest BCUT2D eigenvalue weighted by Crippen LogP contribution is 2.28. The second-order valence-corrected chi connectivity index (χ2v) is 5.67. The van der Waals surface area contributed by atoms with Gasteiger partial charge in [0.25, 0.3) is 0 Å². The molecule has 19 heavy (non-hydrogen) atoms. The number of rotatable bonds is 4. The van der Waals surface area contributed by atoms with Crippen LogP contribution in [0.2, 0.25) is 5.02 Å². The van der Waals surface area contributed by atoms with E-state index in [9.17, 15) is 0 Å². The highest BCUT2D eigenvalue weighted by molar-refractivity contribution is 6.30. The van der Waals surface area contributed by atoms with Crippen molar-refractivity contribution in [3.63, 3.8) is 0 Å². The molecule has 0 N–H and O–H groups in total.